The van der Waals surface area contributed by atoms with E-state index < -0.39 is 0 Å². The van der Waals surface area contributed by atoms with Crippen molar-refractivity contribution < 1.29 is 9.90 Å². The Bertz CT molecular complexity index is 160. The van der Waals surface area contributed by atoms with Crippen molar-refractivity contribution in [3.8, 4) is 0 Å². The lowest BCUT2D eigenvalue weighted by Crippen LogP contribution is -2.34. The Balaban J connectivity index is 3.31. The van der Waals surface area contributed by atoms with Crippen LogP contribution in [0.15, 0.2) is 0 Å². The Morgan fingerprint density at radius 1 is 1.43 bits per heavy atom. The molecule has 0 aliphatic heterocycles. The summed E-state index contributed by atoms with van der Waals surface area (Å²) in [4.78, 5) is 11.2. The van der Waals surface area contributed by atoms with Crippen molar-refractivity contribution in [2.24, 2.45) is 0 Å². The van der Waals surface area contributed by atoms with Crippen molar-refractivity contribution >= 4 is 5.91 Å². The lowest BCUT2D eigenvalue weighted by molar-refractivity contribution is -0.121. The van der Waals surface area contributed by atoms with Gasteiger partial charge in [0.2, 0.25) is 5.91 Å². The van der Waals surface area contributed by atoms with Gasteiger partial charge in [-0.15, -0.1) is 0 Å². The highest BCUT2D eigenvalue weighted by atomic mass is 16.3. The molecule has 0 aliphatic carbocycles. The predicted molar refractivity (Wildman–Crippen MR) is 57.1 cm³/mol. The van der Waals surface area contributed by atoms with Gasteiger partial charge in [-0.3, -0.25) is 4.79 Å². The fourth-order valence-electron chi connectivity index (χ4n) is 1.01. The highest BCUT2D eigenvalue weighted by molar-refractivity contribution is 5.76. The summed E-state index contributed by atoms with van der Waals surface area (Å²) in [6, 6.07) is 0.198. The minimum atomic E-state index is -0.303. The molecule has 1 atom stereocenters. The van der Waals surface area contributed by atoms with E-state index in [2.05, 4.69) is 10.6 Å². The molecule has 0 aromatic carbocycles. The number of hydrogen-bond donors (Lipinski definition) is 3. The third-order valence-corrected chi connectivity index (χ3v) is 1.83. The topological polar surface area (TPSA) is 61.4 Å². The van der Waals surface area contributed by atoms with Crippen LogP contribution in [0.25, 0.3) is 0 Å². The van der Waals surface area contributed by atoms with Crippen LogP contribution in [0.5, 0.6) is 0 Å². The minimum absolute atomic E-state index is 0.0542. The van der Waals surface area contributed by atoms with Gasteiger partial charge in [-0.1, -0.05) is 6.92 Å². The molecule has 0 heterocycles. The van der Waals surface area contributed by atoms with Gasteiger partial charge in [-0.05, 0) is 20.3 Å². The third-order valence-electron chi connectivity index (χ3n) is 1.83. The molecule has 0 fully saturated rings. The summed E-state index contributed by atoms with van der Waals surface area (Å²) in [5, 5.41) is 15.0. The Morgan fingerprint density at radius 2 is 2.07 bits per heavy atom. The largest absolute Gasteiger partial charge is 0.392 e. The van der Waals surface area contributed by atoms with Crippen LogP contribution >= 0.6 is 0 Å². The molecule has 0 saturated heterocycles. The summed E-state index contributed by atoms with van der Waals surface area (Å²) in [6.07, 6.45) is 0.906. The molecule has 0 spiro atoms. The molecule has 0 rings (SSSR count). The minimum Gasteiger partial charge on any atom is -0.392 e. The molecule has 0 aliphatic rings. The summed E-state index contributed by atoms with van der Waals surface area (Å²) in [5.74, 6) is 0.0542. The molecule has 14 heavy (non-hydrogen) atoms. The van der Waals surface area contributed by atoms with Crippen LogP contribution in [0.2, 0.25) is 0 Å². The summed E-state index contributed by atoms with van der Waals surface area (Å²) in [7, 11) is 0. The van der Waals surface area contributed by atoms with Gasteiger partial charge in [0, 0.05) is 25.6 Å². The van der Waals surface area contributed by atoms with Gasteiger partial charge in [0.15, 0.2) is 0 Å². The summed E-state index contributed by atoms with van der Waals surface area (Å²) in [6.45, 7) is 6.98. The van der Waals surface area contributed by atoms with Gasteiger partial charge in [0.05, 0.1) is 6.10 Å². The summed E-state index contributed by atoms with van der Waals surface area (Å²) in [5.41, 5.74) is 0. The van der Waals surface area contributed by atoms with Crippen LogP contribution in [-0.4, -0.2) is 36.2 Å². The lowest BCUT2D eigenvalue weighted by Gasteiger charge is -2.10. The van der Waals surface area contributed by atoms with Crippen molar-refractivity contribution in [1.29, 1.82) is 0 Å². The van der Waals surface area contributed by atoms with Gasteiger partial charge in [-0.2, -0.15) is 0 Å². The average molecular weight is 202 g/mol. The van der Waals surface area contributed by atoms with E-state index in [4.69, 9.17) is 0 Å². The van der Waals surface area contributed by atoms with E-state index in [0.717, 1.165) is 6.42 Å². The standard InChI is InChI=1S/C10H22N2O2/c1-4-9(13)7-11-6-5-10(14)12-8(2)3/h8-9,11,13H,4-7H2,1-3H3,(H,12,14). The second-order valence-corrected chi connectivity index (χ2v) is 3.74. The zero-order valence-electron chi connectivity index (χ0n) is 9.34. The van der Waals surface area contributed by atoms with E-state index >= 15 is 0 Å². The van der Waals surface area contributed by atoms with Crippen LogP contribution in [0.3, 0.4) is 0 Å². The predicted octanol–water partition coefficient (Wildman–Crippen LogP) is 0.262. The molecule has 0 saturated carbocycles. The normalized spacial score (nSPS) is 12.9. The number of aliphatic hydroxyl groups is 1. The first-order chi connectivity index (χ1) is 6.56. The quantitative estimate of drug-likeness (QED) is 0.519. The van der Waals surface area contributed by atoms with Crippen LogP contribution in [-0.2, 0) is 4.79 Å². The molecule has 84 valence electrons. The first kappa shape index (κ1) is 13.4. The molecule has 0 bridgehead atoms. The molecule has 0 radical (unpaired) electrons. The van der Waals surface area contributed by atoms with E-state index in [1.165, 1.54) is 0 Å². The lowest BCUT2D eigenvalue weighted by atomic mass is 10.2. The Labute approximate surface area is 86.1 Å². The molecule has 0 aromatic rings. The Morgan fingerprint density at radius 3 is 2.57 bits per heavy atom. The smallest absolute Gasteiger partial charge is 0.221 e. The maximum atomic E-state index is 11.2. The van der Waals surface area contributed by atoms with Crippen LogP contribution < -0.4 is 10.6 Å². The van der Waals surface area contributed by atoms with Gasteiger partial charge in [0.1, 0.15) is 0 Å². The number of hydrogen-bond acceptors (Lipinski definition) is 3. The molecule has 0 aromatic heterocycles. The molecular formula is C10H22N2O2. The first-order valence-electron chi connectivity index (χ1n) is 5.24. The maximum absolute atomic E-state index is 11.2. The summed E-state index contributed by atoms with van der Waals surface area (Å²) >= 11 is 0. The van der Waals surface area contributed by atoms with Crippen molar-refractivity contribution in [2.75, 3.05) is 13.1 Å². The third kappa shape index (κ3) is 8.01. The molecule has 1 amide bonds. The van der Waals surface area contributed by atoms with Gasteiger partial charge >= 0.3 is 0 Å². The fourth-order valence-corrected chi connectivity index (χ4v) is 1.01. The Hall–Kier alpha value is -0.610. The highest BCUT2D eigenvalue weighted by Gasteiger charge is 2.03. The molecule has 4 nitrogen and oxygen atoms in total. The fraction of sp³-hybridized carbons (Fsp3) is 0.900. The van der Waals surface area contributed by atoms with Crippen molar-refractivity contribution in [1.82, 2.24) is 10.6 Å². The monoisotopic (exact) mass is 202 g/mol. The number of aliphatic hydroxyl groups excluding tert-OH is 1. The summed E-state index contributed by atoms with van der Waals surface area (Å²) < 4.78 is 0. The first-order valence-corrected chi connectivity index (χ1v) is 5.24. The van der Waals surface area contributed by atoms with Crippen molar-refractivity contribution in [3.05, 3.63) is 0 Å². The van der Waals surface area contributed by atoms with Crippen molar-refractivity contribution in [2.45, 2.75) is 45.8 Å². The number of carbonyl (C=O) groups excluding carboxylic acids is 1. The van der Waals surface area contributed by atoms with Crippen molar-refractivity contribution in [3.63, 3.8) is 0 Å². The van der Waals surface area contributed by atoms with Crippen LogP contribution in [0, 0.1) is 0 Å². The highest BCUT2D eigenvalue weighted by Crippen LogP contribution is 1.87. The molecule has 3 N–H and O–H groups in total. The van der Waals surface area contributed by atoms with E-state index in [1.54, 1.807) is 0 Å². The van der Waals surface area contributed by atoms with E-state index in [0.29, 0.717) is 19.5 Å². The zero-order valence-corrected chi connectivity index (χ0v) is 9.34. The number of rotatable bonds is 7. The Kier molecular flexibility index (Phi) is 7.42. The van der Waals surface area contributed by atoms with E-state index in [-0.39, 0.29) is 18.1 Å². The van der Waals surface area contributed by atoms with E-state index in [9.17, 15) is 9.90 Å². The molecular weight excluding hydrogens is 180 g/mol. The number of amides is 1. The van der Waals surface area contributed by atoms with Crippen LogP contribution in [0.1, 0.15) is 33.6 Å². The number of nitrogens with one attached hydrogen (secondary N) is 2. The number of carbonyl (C=O) groups is 1. The van der Waals surface area contributed by atoms with E-state index in [1.807, 2.05) is 20.8 Å². The second-order valence-electron chi connectivity index (χ2n) is 3.74. The molecule has 4 heteroatoms. The van der Waals surface area contributed by atoms with Gasteiger partial charge in [-0.25, -0.2) is 0 Å². The molecule has 1 unspecified atom stereocenters. The SMILES string of the molecule is CCC(O)CNCCC(=O)NC(C)C. The average Bonchev–Trinajstić information content (AvgIpc) is 2.10. The van der Waals surface area contributed by atoms with Gasteiger partial charge in [0.25, 0.3) is 0 Å². The second kappa shape index (κ2) is 7.76. The van der Waals surface area contributed by atoms with Gasteiger partial charge < -0.3 is 15.7 Å². The zero-order chi connectivity index (χ0) is 11.0. The van der Waals surface area contributed by atoms with Crippen LogP contribution in [0.4, 0.5) is 0 Å². The maximum Gasteiger partial charge on any atom is 0.221 e.